The second-order valence-corrected chi connectivity index (χ2v) is 5.50. The minimum Gasteiger partial charge on any atom is -0.480 e. The van der Waals surface area contributed by atoms with E-state index in [0.717, 1.165) is 0 Å². The summed E-state index contributed by atoms with van der Waals surface area (Å²) in [5.41, 5.74) is 0. The molecule has 0 radical (unpaired) electrons. The second kappa shape index (κ2) is 9.34. The van der Waals surface area contributed by atoms with E-state index >= 15 is 0 Å². The average Bonchev–Trinajstić information content (AvgIpc) is 2.35. The summed E-state index contributed by atoms with van der Waals surface area (Å²) in [5.74, 6) is -1.57. The summed E-state index contributed by atoms with van der Waals surface area (Å²) >= 11 is 0. The largest absolute Gasteiger partial charge is 0.480 e. The summed E-state index contributed by atoms with van der Waals surface area (Å²) in [6, 6.07) is -0.856. The first-order valence-corrected chi connectivity index (χ1v) is 7.06. The Labute approximate surface area is 120 Å². The molecule has 0 aliphatic carbocycles. The molecule has 20 heavy (non-hydrogen) atoms. The van der Waals surface area contributed by atoms with Gasteiger partial charge in [0.05, 0.1) is 0 Å². The van der Waals surface area contributed by atoms with E-state index in [9.17, 15) is 14.4 Å². The molecule has 0 aromatic rings. The minimum absolute atomic E-state index is 0.00658. The van der Waals surface area contributed by atoms with Gasteiger partial charge in [0, 0.05) is 18.4 Å². The number of carbonyl (C=O) groups is 3. The Morgan fingerprint density at radius 1 is 0.950 bits per heavy atom. The van der Waals surface area contributed by atoms with Crippen LogP contribution in [-0.2, 0) is 14.4 Å². The van der Waals surface area contributed by atoms with E-state index in [0.29, 0.717) is 25.8 Å². The van der Waals surface area contributed by atoms with Gasteiger partial charge in [-0.25, -0.2) is 4.79 Å². The van der Waals surface area contributed by atoms with Crippen molar-refractivity contribution in [1.29, 1.82) is 0 Å². The fraction of sp³-hybridized carbons (Fsp3) is 0.786. The summed E-state index contributed by atoms with van der Waals surface area (Å²) in [4.78, 5) is 33.8. The summed E-state index contributed by atoms with van der Waals surface area (Å²) in [6.07, 6.45) is 1.69. The van der Waals surface area contributed by atoms with E-state index in [-0.39, 0.29) is 23.7 Å². The van der Waals surface area contributed by atoms with Gasteiger partial charge >= 0.3 is 5.97 Å². The molecule has 0 saturated carbocycles. The van der Waals surface area contributed by atoms with Crippen molar-refractivity contribution in [2.45, 2.75) is 53.0 Å². The molecule has 0 saturated heterocycles. The molecule has 3 N–H and O–H groups in total. The van der Waals surface area contributed by atoms with Crippen molar-refractivity contribution in [1.82, 2.24) is 10.6 Å². The van der Waals surface area contributed by atoms with Gasteiger partial charge in [-0.15, -0.1) is 0 Å². The first kappa shape index (κ1) is 18.4. The lowest BCUT2D eigenvalue weighted by atomic mass is 10.1. The van der Waals surface area contributed by atoms with Crippen LogP contribution in [0.2, 0.25) is 0 Å². The lowest BCUT2D eigenvalue weighted by Crippen LogP contribution is -2.42. The zero-order valence-corrected chi connectivity index (χ0v) is 12.7. The highest BCUT2D eigenvalue weighted by Crippen LogP contribution is 2.03. The van der Waals surface area contributed by atoms with E-state index in [1.807, 2.05) is 13.8 Å². The third-order valence-electron chi connectivity index (χ3n) is 2.88. The molecular weight excluding hydrogens is 260 g/mol. The molecule has 0 aliphatic rings. The molecule has 0 fully saturated rings. The van der Waals surface area contributed by atoms with Gasteiger partial charge in [-0.2, -0.15) is 0 Å². The molecule has 0 rings (SSSR count). The van der Waals surface area contributed by atoms with Gasteiger partial charge in [-0.1, -0.05) is 27.7 Å². The molecule has 0 aromatic carbocycles. The maximum atomic E-state index is 11.5. The first-order valence-electron chi connectivity index (χ1n) is 7.06. The number of hydrogen-bond donors (Lipinski definition) is 3. The van der Waals surface area contributed by atoms with Crippen molar-refractivity contribution in [3.05, 3.63) is 0 Å². The number of rotatable bonds is 9. The smallest absolute Gasteiger partial charge is 0.326 e. The maximum Gasteiger partial charge on any atom is 0.326 e. The summed E-state index contributed by atoms with van der Waals surface area (Å²) < 4.78 is 0. The predicted octanol–water partition coefficient (Wildman–Crippen LogP) is 1.15. The second-order valence-electron chi connectivity index (χ2n) is 5.50. The van der Waals surface area contributed by atoms with Crippen molar-refractivity contribution in [3.8, 4) is 0 Å². The van der Waals surface area contributed by atoms with Gasteiger partial charge in [0.2, 0.25) is 11.8 Å². The molecule has 6 heteroatoms. The zero-order chi connectivity index (χ0) is 15.7. The van der Waals surface area contributed by atoms with Crippen LogP contribution in [0.3, 0.4) is 0 Å². The van der Waals surface area contributed by atoms with E-state index < -0.39 is 12.0 Å². The molecule has 1 atom stereocenters. The van der Waals surface area contributed by atoms with Crippen LogP contribution >= 0.6 is 0 Å². The van der Waals surface area contributed by atoms with Gasteiger partial charge in [-0.3, -0.25) is 9.59 Å². The summed E-state index contributed by atoms with van der Waals surface area (Å²) in [6.45, 7) is 7.60. The van der Waals surface area contributed by atoms with Crippen molar-refractivity contribution >= 4 is 17.8 Å². The van der Waals surface area contributed by atoms with Crippen LogP contribution in [-0.4, -0.2) is 35.5 Å². The third-order valence-corrected chi connectivity index (χ3v) is 2.88. The van der Waals surface area contributed by atoms with Crippen LogP contribution in [0.15, 0.2) is 0 Å². The Bertz CT molecular complexity index is 340. The van der Waals surface area contributed by atoms with E-state index in [4.69, 9.17) is 5.11 Å². The third kappa shape index (κ3) is 7.76. The minimum atomic E-state index is -1.02. The van der Waals surface area contributed by atoms with Gasteiger partial charge in [-0.05, 0) is 19.3 Å². The fourth-order valence-corrected chi connectivity index (χ4v) is 1.48. The van der Waals surface area contributed by atoms with Crippen LogP contribution in [0.1, 0.15) is 47.0 Å². The van der Waals surface area contributed by atoms with Crippen LogP contribution in [0, 0.1) is 11.8 Å². The number of unbranched alkanes of at least 4 members (excludes halogenated alkanes) is 1. The first-order chi connectivity index (χ1) is 9.25. The molecular formula is C14H26N2O4. The number of carboxylic acid groups (broad SMARTS) is 1. The van der Waals surface area contributed by atoms with Gasteiger partial charge < -0.3 is 15.7 Å². The molecule has 0 bridgehead atoms. The monoisotopic (exact) mass is 286 g/mol. The van der Waals surface area contributed by atoms with Gasteiger partial charge in [0.25, 0.3) is 0 Å². The molecule has 2 amide bonds. The SMILES string of the molecule is CC(C)C(=O)NCCCC[C@H](NC(=O)C(C)C)C(=O)O. The Morgan fingerprint density at radius 2 is 1.50 bits per heavy atom. The van der Waals surface area contributed by atoms with Gasteiger partial charge in [0.15, 0.2) is 0 Å². The Hall–Kier alpha value is -1.59. The lowest BCUT2D eigenvalue weighted by molar-refractivity contribution is -0.142. The fourth-order valence-electron chi connectivity index (χ4n) is 1.48. The molecule has 0 aromatic heterocycles. The number of carboxylic acids is 1. The number of amides is 2. The number of carbonyl (C=O) groups excluding carboxylic acids is 2. The number of nitrogens with one attached hydrogen (secondary N) is 2. The highest BCUT2D eigenvalue weighted by Gasteiger charge is 2.20. The quantitative estimate of drug-likeness (QED) is 0.554. The van der Waals surface area contributed by atoms with Gasteiger partial charge in [0.1, 0.15) is 6.04 Å². The van der Waals surface area contributed by atoms with E-state index in [2.05, 4.69) is 10.6 Å². The van der Waals surface area contributed by atoms with Crippen molar-refractivity contribution in [3.63, 3.8) is 0 Å². The molecule has 0 unspecified atom stereocenters. The number of hydrogen-bond acceptors (Lipinski definition) is 3. The highest BCUT2D eigenvalue weighted by molar-refractivity contribution is 5.84. The van der Waals surface area contributed by atoms with E-state index in [1.54, 1.807) is 13.8 Å². The Morgan fingerprint density at radius 3 is 1.95 bits per heavy atom. The molecule has 0 heterocycles. The zero-order valence-electron chi connectivity index (χ0n) is 12.7. The maximum absolute atomic E-state index is 11.5. The topological polar surface area (TPSA) is 95.5 Å². The highest BCUT2D eigenvalue weighted by atomic mass is 16.4. The normalized spacial score (nSPS) is 12.3. The van der Waals surface area contributed by atoms with Crippen LogP contribution < -0.4 is 10.6 Å². The Kier molecular flexibility index (Phi) is 8.59. The summed E-state index contributed by atoms with van der Waals surface area (Å²) in [5, 5.41) is 14.3. The summed E-state index contributed by atoms with van der Waals surface area (Å²) in [7, 11) is 0. The van der Waals surface area contributed by atoms with Crippen LogP contribution in [0.4, 0.5) is 0 Å². The molecule has 6 nitrogen and oxygen atoms in total. The average molecular weight is 286 g/mol. The van der Waals surface area contributed by atoms with E-state index in [1.165, 1.54) is 0 Å². The van der Waals surface area contributed by atoms with Crippen LogP contribution in [0.25, 0.3) is 0 Å². The van der Waals surface area contributed by atoms with Crippen molar-refractivity contribution in [2.75, 3.05) is 6.54 Å². The van der Waals surface area contributed by atoms with Crippen molar-refractivity contribution < 1.29 is 19.5 Å². The Balaban J connectivity index is 3.96. The standard InChI is InChI=1S/C14H26N2O4/c1-9(2)12(17)15-8-6-5-7-11(14(19)20)16-13(18)10(3)4/h9-11H,5-8H2,1-4H3,(H,15,17)(H,16,18)(H,19,20)/t11-/m0/s1. The lowest BCUT2D eigenvalue weighted by Gasteiger charge is -2.16. The number of aliphatic carboxylic acids is 1. The van der Waals surface area contributed by atoms with Crippen molar-refractivity contribution in [2.24, 2.45) is 11.8 Å². The molecule has 0 aliphatic heterocycles. The molecule has 0 spiro atoms. The van der Waals surface area contributed by atoms with Crippen LogP contribution in [0.5, 0.6) is 0 Å². The molecule has 116 valence electrons. The predicted molar refractivity (Wildman–Crippen MR) is 76.1 cm³/mol.